The molecule has 2 aromatic rings. The van der Waals surface area contributed by atoms with Gasteiger partial charge in [0.2, 0.25) is 0 Å². The summed E-state index contributed by atoms with van der Waals surface area (Å²) in [7, 11) is -2.43. The minimum atomic E-state index is -2.43. The third-order valence-corrected chi connectivity index (χ3v) is 4.70. The largest absolute Gasteiger partial charge is 0.464 e. The van der Waals surface area contributed by atoms with Crippen LogP contribution in [0.2, 0.25) is 13.1 Å². The van der Waals surface area contributed by atoms with E-state index in [4.69, 9.17) is 4.74 Å². The van der Waals surface area contributed by atoms with E-state index in [1.807, 2.05) is 43.4 Å². The highest BCUT2D eigenvalue weighted by Crippen LogP contribution is 2.09. The van der Waals surface area contributed by atoms with Gasteiger partial charge < -0.3 is 4.74 Å². The SMILES string of the molecule is C[Si](C)(C#Cc1cnccn1)C(=O)OCc1ccccc1. The van der Waals surface area contributed by atoms with Crippen LogP contribution in [0.5, 0.6) is 0 Å². The lowest BCUT2D eigenvalue weighted by molar-refractivity contribution is 0.164. The molecule has 4 nitrogen and oxygen atoms in total. The summed E-state index contributed by atoms with van der Waals surface area (Å²) in [6.45, 7) is 4.01. The molecule has 0 bridgehead atoms. The number of aromatic nitrogens is 2. The summed E-state index contributed by atoms with van der Waals surface area (Å²) in [4.78, 5) is 20.2. The molecule has 0 unspecified atom stereocenters. The van der Waals surface area contributed by atoms with E-state index in [9.17, 15) is 4.79 Å². The van der Waals surface area contributed by atoms with E-state index in [1.165, 1.54) is 0 Å². The fourth-order valence-corrected chi connectivity index (χ4v) is 2.51. The van der Waals surface area contributed by atoms with E-state index < -0.39 is 8.07 Å². The van der Waals surface area contributed by atoms with Gasteiger partial charge in [-0.1, -0.05) is 36.3 Å². The van der Waals surface area contributed by atoms with Crippen LogP contribution < -0.4 is 0 Å². The molecule has 0 N–H and O–H groups in total. The first-order chi connectivity index (χ1) is 10.1. The molecule has 1 heterocycles. The molecule has 0 amide bonds. The quantitative estimate of drug-likeness (QED) is 0.645. The van der Waals surface area contributed by atoms with Gasteiger partial charge >= 0.3 is 0 Å². The van der Waals surface area contributed by atoms with Crippen molar-refractivity contribution in [2.24, 2.45) is 0 Å². The third kappa shape index (κ3) is 4.55. The second-order valence-corrected chi connectivity index (χ2v) is 8.94. The van der Waals surface area contributed by atoms with Crippen molar-refractivity contribution in [2.75, 3.05) is 0 Å². The zero-order valence-corrected chi connectivity index (χ0v) is 13.0. The van der Waals surface area contributed by atoms with Crippen LogP contribution in [0.25, 0.3) is 0 Å². The maximum atomic E-state index is 12.2. The molecule has 0 atom stereocenters. The molecule has 0 saturated heterocycles. The van der Waals surface area contributed by atoms with Crippen molar-refractivity contribution in [3.8, 4) is 11.5 Å². The first kappa shape index (κ1) is 14.9. The molecular weight excluding hydrogens is 280 g/mol. The summed E-state index contributed by atoms with van der Waals surface area (Å²) in [6.07, 6.45) is 4.74. The van der Waals surface area contributed by atoms with Crippen LogP contribution in [0.3, 0.4) is 0 Å². The summed E-state index contributed by atoms with van der Waals surface area (Å²) in [6, 6.07) is 9.61. The molecule has 1 aromatic heterocycles. The van der Waals surface area contributed by atoms with Gasteiger partial charge in [-0.25, -0.2) is 4.98 Å². The van der Waals surface area contributed by atoms with E-state index in [-0.39, 0.29) is 12.2 Å². The van der Waals surface area contributed by atoms with Crippen LogP contribution in [0, 0.1) is 11.5 Å². The van der Waals surface area contributed by atoms with Crippen molar-refractivity contribution >= 4 is 13.7 Å². The fourth-order valence-electron chi connectivity index (χ4n) is 1.54. The lowest BCUT2D eigenvalue weighted by Gasteiger charge is -2.13. The minimum Gasteiger partial charge on any atom is -0.464 e. The lowest BCUT2D eigenvalue weighted by Crippen LogP contribution is -2.36. The van der Waals surface area contributed by atoms with Gasteiger partial charge in [0.15, 0.2) is 0 Å². The monoisotopic (exact) mass is 296 g/mol. The van der Waals surface area contributed by atoms with Crippen molar-refractivity contribution in [3.63, 3.8) is 0 Å². The Hall–Kier alpha value is -2.45. The van der Waals surface area contributed by atoms with Gasteiger partial charge in [0, 0.05) is 12.4 Å². The minimum absolute atomic E-state index is 0.220. The summed E-state index contributed by atoms with van der Waals surface area (Å²) < 4.78 is 5.37. The Labute approximate surface area is 125 Å². The fraction of sp³-hybridized carbons (Fsp3) is 0.188. The van der Waals surface area contributed by atoms with Gasteiger partial charge in [0.25, 0.3) is 13.7 Å². The number of carbonyl (C=O) groups excluding carboxylic acids is 1. The summed E-state index contributed by atoms with van der Waals surface area (Å²) >= 11 is 0. The first-order valence-corrected chi connectivity index (χ1v) is 9.58. The van der Waals surface area contributed by atoms with Gasteiger partial charge in [-0.2, -0.15) is 0 Å². The maximum Gasteiger partial charge on any atom is 0.286 e. The molecular formula is C16H16N2O2Si. The van der Waals surface area contributed by atoms with Gasteiger partial charge in [0.05, 0.1) is 6.20 Å². The number of carbonyl (C=O) groups is 1. The van der Waals surface area contributed by atoms with E-state index in [2.05, 4.69) is 21.4 Å². The predicted molar refractivity (Wildman–Crippen MR) is 83.0 cm³/mol. The average Bonchev–Trinajstić information content (AvgIpc) is 2.52. The summed E-state index contributed by atoms with van der Waals surface area (Å²) in [5, 5.41) is 0. The number of nitrogens with zero attached hydrogens (tertiary/aromatic N) is 2. The van der Waals surface area contributed by atoms with Crippen LogP contribution in [-0.2, 0) is 11.3 Å². The molecule has 21 heavy (non-hydrogen) atoms. The molecule has 0 aliphatic carbocycles. The van der Waals surface area contributed by atoms with Crippen molar-refractivity contribution in [1.82, 2.24) is 9.97 Å². The van der Waals surface area contributed by atoms with E-state index in [0.29, 0.717) is 5.69 Å². The molecule has 5 heteroatoms. The second-order valence-electron chi connectivity index (χ2n) is 5.03. The number of hydrogen-bond acceptors (Lipinski definition) is 4. The van der Waals surface area contributed by atoms with Crippen LogP contribution in [0.15, 0.2) is 48.9 Å². The van der Waals surface area contributed by atoms with Gasteiger partial charge in [-0.3, -0.25) is 9.78 Å². The molecule has 0 saturated carbocycles. The second kappa shape index (κ2) is 6.82. The average molecular weight is 296 g/mol. The standard InChI is InChI=1S/C16H16N2O2Si/c1-21(2,11-8-15-12-17-9-10-18-15)16(19)20-13-14-6-4-3-5-7-14/h3-7,9-10,12H,13H2,1-2H3. The van der Waals surface area contributed by atoms with Crippen molar-refractivity contribution in [2.45, 2.75) is 19.7 Å². The number of benzene rings is 1. The van der Waals surface area contributed by atoms with Gasteiger partial charge in [-0.05, 0) is 18.7 Å². The van der Waals surface area contributed by atoms with Crippen LogP contribution in [0.1, 0.15) is 11.3 Å². The molecule has 0 radical (unpaired) electrons. The molecule has 0 spiro atoms. The molecule has 0 fully saturated rings. The Morgan fingerprint density at radius 1 is 1.24 bits per heavy atom. The molecule has 1 aromatic carbocycles. The van der Waals surface area contributed by atoms with Crippen molar-refractivity contribution in [1.29, 1.82) is 0 Å². The summed E-state index contributed by atoms with van der Waals surface area (Å²) in [5.74, 6) is 2.90. The smallest absolute Gasteiger partial charge is 0.286 e. The van der Waals surface area contributed by atoms with Crippen LogP contribution >= 0.6 is 0 Å². The molecule has 2 rings (SSSR count). The Morgan fingerprint density at radius 3 is 2.67 bits per heavy atom. The number of ether oxygens (including phenoxy) is 1. The Kier molecular flexibility index (Phi) is 4.85. The van der Waals surface area contributed by atoms with Crippen molar-refractivity contribution in [3.05, 3.63) is 60.2 Å². The highest BCUT2D eigenvalue weighted by molar-refractivity contribution is 7.08. The highest BCUT2D eigenvalue weighted by Gasteiger charge is 2.31. The first-order valence-electron chi connectivity index (χ1n) is 6.58. The Balaban J connectivity index is 1.99. The molecule has 0 aliphatic heterocycles. The Bertz CT molecular complexity index is 661. The topological polar surface area (TPSA) is 52.1 Å². The lowest BCUT2D eigenvalue weighted by atomic mass is 10.2. The van der Waals surface area contributed by atoms with Gasteiger partial charge in [-0.15, -0.1) is 5.54 Å². The maximum absolute atomic E-state index is 12.2. The van der Waals surface area contributed by atoms with Gasteiger partial charge in [0.1, 0.15) is 12.3 Å². The van der Waals surface area contributed by atoms with Crippen LogP contribution in [-0.4, -0.2) is 23.6 Å². The van der Waals surface area contributed by atoms with E-state index >= 15 is 0 Å². The number of hydrogen-bond donors (Lipinski definition) is 0. The molecule has 0 aliphatic rings. The zero-order valence-electron chi connectivity index (χ0n) is 12.0. The Morgan fingerprint density at radius 2 is 2.00 bits per heavy atom. The normalized spacial score (nSPS) is 10.4. The van der Waals surface area contributed by atoms with Crippen LogP contribution in [0.4, 0.5) is 4.79 Å². The predicted octanol–water partition coefficient (Wildman–Crippen LogP) is 2.99. The van der Waals surface area contributed by atoms with E-state index in [0.717, 1.165) is 5.56 Å². The summed E-state index contributed by atoms with van der Waals surface area (Å²) in [5.41, 5.74) is 4.34. The van der Waals surface area contributed by atoms with E-state index in [1.54, 1.807) is 18.6 Å². The highest BCUT2D eigenvalue weighted by atomic mass is 28.3. The number of rotatable bonds is 3. The zero-order chi connectivity index (χ0) is 15.1. The molecule has 106 valence electrons. The third-order valence-electron chi connectivity index (χ3n) is 2.79. The van der Waals surface area contributed by atoms with Crippen molar-refractivity contribution < 1.29 is 9.53 Å².